The molecule has 4 rings (SSSR count). The number of carbonyl (C=O) groups is 1. The second-order valence-electron chi connectivity index (χ2n) is 7.88. The van der Waals surface area contributed by atoms with Crippen LogP contribution in [0.2, 0.25) is 5.02 Å². The van der Waals surface area contributed by atoms with Crippen molar-refractivity contribution in [3.8, 4) is 5.69 Å². The molecule has 0 fully saturated rings. The molecule has 0 aliphatic heterocycles. The zero-order valence-corrected chi connectivity index (χ0v) is 19.3. The first-order chi connectivity index (χ1) is 15.8. The maximum atomic E-state index is 13.9. The lowest BCUT2D eigenvalue weighted by Crippen LogP contribution is -2.36. The second kappa shape index (κ2) is 9.16. The Morgan fingerprint density at radius 2 is 1.82 bits per heavy atom. The molecule has 1 heterocycles. The molecule has 7 heteroatoms. The van der Waals surface area contributed by atoms with E-state index in [9.17, 15) is 14.0 Å². The number of carbonyl (C=O) groups excluding carboxylic acids is 1. The number of hydrogen-bond donors (Lipinski definition) is 0. The number of para-hydroxylation sites is 1. The molecule has 0 aliphatic rings. The topological polar surface area (TPSA) is 55.2 Å². The fourth-order valence-corrected chi connectivity index (χ4v) is 4.20. The number of fused-ring (bicyclic) bond motifs is 1. The maximum absolute atomic E-state index is 13.9. The van der Waals surface area contributed by atoms with Crippen LogP contribution in [-0.4, -0.2) is 27.4 Å². The summed E-state index contributed by atoms with van der Waals surface area (Å²) in [5.41, 5.74) is 2.04. The Kier molecular flexibility index (Phi) is 6.29. The van der Waals surface area contributed by atoms with Gasteiger partial charge in [-0.3, -0.25) is 14.2 Å². The molecule has 0 bridgehead atoms. The Morgan fingerprint density at radius 3 is 2.52 bits per heavy atom. The highest BCUT2D eigenvalue weighted by Crippen LogP contribution is 2.28. The van der Waals surface area contributed by atoms with Crippen LogP contribution in [0.4, 0.5) is 4.39 Å². The first-order valence-electron chi connectivity index (χ1n) is 10.6. The smallest absolute Gasteiger partial charge is 0.266 e. The van der Waals surface area contributed by atoms with Gasteiger partial charge in [0.15, 0.2) is 0 Å². The van der Waals surface area contributed by atoms with Crippen molar-refractivity contribution in [2.45, 2.75) is 26.3 Å². The molecule has 1 unspecified atom stereocenters. The van der Waals surface area contributed by atoms with Crippen LogP contribution in [0.15, 0.2) is 71.5 Å². The lowest BCUT2D eigenvalue weighted by molar-refractivity contribution is 0.0716. The molecular weight excluding hydrogens is 441 g/mol. The van der Waals surface area contributed by atoms with Crippen LogP contribution in [-0.2, 0) is 0 Å². The van der Waals surface area contributed by atoms with E-state index in [0.29, 0.717) is 34.4 Å². The van der Waals surface area contributed by atoms with Crippen molar-refractivity contribution in [3.05, 3.63) is 105 Å². The Morgan fingerprint density at radius 1 is 1.12 bits per heavy atom. The van der Waals surface area contributed by atoms with E-state index in [-0.39, 0.29) is 16.5 Å². The van der Waals surface area contributed by atoms with Crippen molar-refractivity contribution in [2.24, 2.45) is 0 Å². The van der Waals surface area contributed by atoms with Crippen LogP contribution in [0.25, 0.3) is 16.6 Å². The van der Waals surface area contributed by atoms with Crippen molar-refractivity contribution < 1.29 is 9.18 Å². The van der Waals surface area contributed by atoms with Gasteiger partial charge in [0.05, 0.1) is 27.7 Å². The number of aromatic nitrogens is 2. The van der Waals surface area contributed by atoms with Crippen LogP contribution in [0.5, 0.6) is 0 Å². The predicted octanol–water partition coefficient (Wildman–Crippen LogP) is 5.71. The molecule has 168 valence electrons. The fraction of sp³-hybridized carbons (Fsp3) is 0.192. The number of nitrogens with zero attached hydrogens (tertiary/aromatic N) is 3. The number of amides is 1. The molecule has 4 aromatic rings. The van der Waals surface area contributed by atoms with E-state index in [4.69, 9.17) is 16.6 Å². The minimum atomic E-state index is -0.581. The Bertz CT molecular complexity index is 1420. The van der Waals surface area contributed by atoms with E-state index >= 15 is 0 Å². The monoisotopic (exact) mass is 463 g/mol. The van der Waals surface area contributed by atoms with Crippen LogP contribution >= 0.6 is 11.6 Å². The van der Waals surface area contributed by atoms with Crippen LogP contribution in [0.1, 0.15) is 41.1 Å². The van der Waals surface area contributed by atoms with Gasteiger partial charge < -0.3 is 4.90 Å². The van der Waals surface area contributed by atoms with Crippen LogP contribution in [0, 0.1) is 12.7 Å². The van der Waals surface area contributed by atoms with E-state index in [2.05, 4.69) is 0 Å². The summed E-state index contributed by atoms with van der Waals surface area (Å²) >= 11 is 6.04. The summed E-state index contributed by atoms with van der Waals surface area (Å²) in [7, 11) is 1.70. The number of halogens is 2. The lowest BCUT2D eigenvalue weighted by atomic mass is 10.1. The average Bonchev–Trinajstić information content (AvgIpc) is 2.81. The standard InChI is InChI=1S/C26H23ClFN3O2/c1-4-23(30(3)25(32)18-10-6-5-9-16(18)2)24-29-22-12-8-7-11-19(22)26(33)31(24)17-13-14-21(28)20(27)15-17/h5-15,23H,4H2,1-3H3. The molecular formula is C26H23ClFN3O2. The minimum Gasteiger partial charge on any atom is -0.332 e. The highest BCUT2D eigenvalue weighted by molar-refractivity contribution is 6.30. The Labute approximate surface area is 196 Å². The van der Waals surface area contributed by atoms with Crippen LogP contribution in [0.3, 0.4) is 0 Å². The molecule has 5 nitrogen and oxygen atoms in total. The third-order valence-corrected chi connectivity index (χ3v) is 6.10. The third-order valence-electron chi connectivity index (χ3n) is 5.81. The number of aryl methyl sites for hydroxylation is 1. The van der Waals surface area contributed by atoms with E-state index in [0.717, 1.165) is 5.56 Å². The Hall–Kier alpha value is -3.51. The van der Waals surface area contributed by atoms with Crippen molar-refractivity contribution in [1.29, 1.82) is 0 Å². The van der Waals surface area contributed by atoms with E-state index in [1.54, 1.807) is 42.3 Å². The molecule has 0 aliphatic carbocycles. The summed E-state index contributed by atoms with van der Waals surface area (Å²) < 4.78 is 15.3. The largest absolute Gasteiger partial charge is 0.332 e. The van der Waals surface area contributed by atoms with Gasteiger partial charge in [0.25, 0.3) is 11.5 Å². The van der Waals surface area contributed by atoms with Crippen molar-refractivity contribution in [3.63, 3.8) is 0 Å². The SMILES string of the molecule is CCC(c1nc2ccccc2c(=O)n1-c1ccc(F)c(Cl)c1)N(C)C(=O)c1ccccc1C. The molecule has 0 N–H and O–H groups in total. The molecule has 0 saturated carbocycles. The summed E-state index contributed by atoms with van der Waals surface area (Å²) in [5, 5.41) is 0.320. The number of benzene rings is 3. The lowest BCUT2D eigenvalue weighted by Gasteiger charge is -2.29. The van der Waals surface area contributed by atoms with Gasteiger partial charge in [-0.15, -0.1) is 0 Å². The molecule has 33 heavy (non-hydrogen) atoms. The van der Waals surface area contributed by atoms with Gasteiger partial charge in [-0.05, 0) is 55.3 Å². The molecule has 0 saturated heterocycles. The zero-order chi connectivity index (χ0) is 23.7. The van der Waals surface area contributed by atoms with Crippen LogP contribution < -0.4 is 5.56 Å². The average molecular weight is 464 g/mol. The fourth-order valence-electron chi connectivity index (χ4n) is 4.02. The molecule has 0 radical (unpaired) electrons. The molecule has 1 atom stereocenters. The summed E-state index contributed by atoms with van der Waals surface area (Å²) in [6, 6.07) is 18.0. The maximum Gasteiger partial charge on any atom is 0.266 e. The van der Waals surface area contributed by atoms with Gasteiger partial charge in [-0.25, -0.2) is 9.37 Å². The molecule has 3 aromatic carbocycles. The summed E-state index contributed by atoms with van der Waals surface area (Å²) in [4.78, 5) is 33.3. The van der Waals surface area contributed by atoms with Crippen molar-refractivity contribution in [1.82, 2.24) is 14.5 Å². The normalized spacial score (nSPS) is 12.0. The minimum absolute atomic E-state index is 0.101. The van der Waals surface area contributed by atoms with Crippen molar-refractivity contribution >= 4 is 28.4 Å². The highest BCUT2D eigenvalue weighted by Gasteiger charge is 2.28. The van der Waals surface area contributed by atoms with Gasteiger partial charge in [0, 0.05) is 12.6 Å². The molecule has 1 aromatic heterocycles. The summed E-state index contributed by atoms with van der Waals surface area (Å²) in [6.07, 6.45) is 0.508. The van der Waals surface area contributed by atoms with Gasteiger partial charge >= 0.3 is 0 Å². The van der Waals surface area contributed by atoms with Crippen molar-refractivity contribution in [2.75, 3.05) is 7.05 Å². The first kappa shape index (κ1) is 22.7. The summed E-state index contributed by atoms with van der Waals surface area (Å²) in [6.45, 7) is 3.81. The van der Waals surface area contributed by atoms with E-state index < -0.39 is 11.9 Å². The van der Waals surface area contributed by atoms with E-state index in [1.807, 2.05) is 32.0 Å². The van der Waals surface area contributed by atoms with Gasteiger partial charge in [0.1, 0.15) is 11.6 Å². The first-order valence-corrected chi connectivity index (χ1v) is 11.0. The molecule has 0 spiro atoms. The van der Waals surface area contributed by atoms with Gasteiger partial charge in [-0.2, -0.15) is 0 Å². The predicted molar refractivity (Wildman–Crippen MR) is 129 cm³/mol. The molecule has 1 amide bonds. The summed E-state index contributed by atoms with van der Waals surface area (Å²) in [5.74, 6) is -0.373. The number of rotatable bonds is 5. The zero-order valence-electron chi connectivity index (χ0n) is 18.5. The highest BCUT2D eigenvalue weighted by atomic mass is 35.5. The van der Waals surface area contributed by atoms with Gasteiger partial charge in [-0.1, -0.05) is 48.9 Å². The quantitative estimate of drug-likeness (QED) is 0.381. The van der Waals surface area contributed by atoms with Gasteiger partial charge in [0.2, 0.25) is 0 Å². The number of hydrogen-bond acceptors (Lipinski definition) is 3. The second-order valence-corrected chi connectivity index (χ2v) is 8.29. The third kappa shape index (κ3) is 4.14. The van der Waals surface area contributed by atoms with E-state index in [1.165, 1.54) is 22.8 Å². The Balaban J connectivity index is 1.94.